The lowest BCUT2D eigenvalue weighted by atomic mass is 10.2. The number of para-hydroxylation sites is 1. The molecule has 1 N–H and O–H groups in total. The molecular formula is C16H22N2O4. The number of hydrogen-bond acceptors (Lipinski definition) is 5. The van der Waals surface area contributed by atoms with Crippen molar-refractivity contribution in [1.29, 1.82) is 0 Å². The van der Waals surface area contributed by atoms with Gasteiger partial charge in [-0.05, 0) is 39.3 Å². The summed E-state index contributed by atoms with van der Waals surface area (Å²) in [6, 6.07) is 5.95. The predicted octanol–water partition coefficient (Wildman–Crippen LogP) is 2.52. The van der Waals surface area contributed by atoms with E-state index >= 15 is 0 Å². The zero-order valence-electron chi connectivity index (χ0n) is 13.2. The third-order valence-corrected chi connectivity index (χ3v) is 3.63. The summed E-state index contributed by atoms with van der Waals surface area (Å²) in [5, 5.41) is 2.93. The van der Waals surface area contributed by atoms with E-state index in [9.17, 15) is 4.79 Å². The molecule has 6 nitrogen and oxygen atoms in total. The van der Waals surface area contributed by atoms with Crippen LogP contribution in [0.5, 0.6) is 11.5 Å². The van der Waals surface area contributed by atoms with Crippen molar-refractivity contribution in [3.63, 3.8) is 0 Å². The number of anilines is 1. The van der Waals surface area contributed by atoms with Crippen molar-refractivity contribution < 1.29 is 19.0 Å². The highest BCUT2D eigenvalue weighted by Gasteiger charge is 2.29. The van der Waals surface area contributed by atoms with E-state index in [-0.39, 0.29) is 18.9 Å². The topological polar surface area (TPSA) is 60.0 Å². The van der Waals surface area contributed by atoms with E-state index < -0.39 is 5.60 Å². The Hall–Kier alpha value is -2.11. The predicted molar refractivity (Wildman–Crippen MR) is 82.6 cm³/mol. The highest BCUT2D eigenvalue weighted by atomic mass is 16.7. The third-order valence-electron chi connectivity index (χ3n) is 3.63. The molecule has 1 unspecified atom stereocenters. The number of fused-ring (bicyclic) bond motifs is 1. The molecule has 2 aliphatic rings. The Kier molecular flexibility index (Phi) is 3.76. The van der Waals surface area contributed by atoms with Crippen molar-refractivity contribution in [1.82, 2.24) is 5.32 Å². The lowest BCUT2D eigenvalue weighted by Crippen LogP contribution is -2.40. The van der Waals surface area contributed by atoms with Gasteiger partial charge in [0.2, 0.25) is 6.79 Å². The van der Waals surface area contributed by atoms with Crippen LogP contribution in [0.2, 0.25) is 0 Å². The van der Waals surface area contributed by atoms with Crippen LogP contribution in [0.15, 0.2) is 18.2 Å². The number of carbonyl (C=O) groups excluding carboxylic acids is 1. The lowest BCUT2D eigenvalue weighted by Gasteiger charge is -2.23. The smallest absolute Gasteiger partial charge is 0.407 e. The summed E-state index contributed by atoms with van der Waals surface area (Å²) in [6.45, 7) is 7.44. The van der Waals surface area contributed by atoms with Gasteiger partial charge in [0.15, 0.2) is 11.5 Å². The summed E-state index contributed by atoms with van der Waals surface area (Å²) < 4.78 is 16.3. The van der Waals surface area contributed by atoms with Gasteiger partial charge in [-0.15, -0.1) is 0 Å². The largest absolute Gasteiger partial charge is 0.454 e. The molecule has 1 aromatic rings. The van der Waals surface area contributed by atoms with Crippen LogP contribution in [-0.4, -0.2) is 37.6 Å². The monoisotopic (exact) mass is 306 g/mol. The van der Waals surface area contributed by atoms with Crippen LogP contribution in [-0.2, 0) is 4.74 Å². The van der Waals surface area contributed by atoms with E-state index in [1.165, 1.54) is 0 Å². The van der Waals surface area contributed by atoms with Gasteiger partial charge in [-0.1, -0.05) is 6.07 Å². The van der Waals surface area contributed by atoms with E-state index in [2.05, 4.69) is 10.2 Å². The van der Waals surface area contributed by atoms with E-state index in [4.69, 9.17) is 14.2 Å². The summed E-state index contributed by atoms with van der Waals surface area (Å²) in [5.74, 6) is 1.57. The van der Waals surface area contributed by atoms with Crippen molar-refractivity contribution >= 4 is 11.8 Å². The van der Waals surface area contributed by atoms with E-state index in [0.717, 1.165) is 36.7 Å². The lowest BCUT2D eigenvalue weighted by molar-refractivity contribution is 0.0509. The Morgan fingerprint density at radius 1 is 1.36 bits per heavy atom. The van der Waals surface area contributed by atoms with E-state index in [1.54, 1.807) is 0 Å². The number of nitrogens with zero attached hydrogens (tertiary/aromatic N) is 1. The van der Waals surface area contributed by atoms with Crippen molar-refractivity contribution in [3.8, 4) is 11.5 Å². The number of nitrogens with one attached hydrogen (secondary N) is 1. The summed E-state index contributed by atoms with van der Waals surface area (Å²) in [5.41, 5.74) is 0.539. The Bertz CT molecular complexity index is 568. The van der Waals surface area contributed by atoms with E-state index in [0.29, 0.717) is 0 Å². The fourth-order valence-electron chi connectivity index (χ4n) is 2.73. The van der Waals surface area contributed by atoms with Crippen molar-refractivity contribution in [2.24, 2.45) is 0 Å². The normalized spacial score (nSPS) is 20.1. The molecule has 1 saturated heterocycles. The molecule has 3 rings (SSSR count). The van der Waals surface area contributed by atoms with Gasteiger partial charge >= 0.3 is 6.09 Å². The van der Waals surface area contributed by atoms with Gasteiger partial charge in [-0.2, -0.15) is 0 Å². The SMILES string of the molecule is CC(C)(C)OC(=O)NC1CCN(c2cccc3c2OCO3)C1. The maximum absolute atomic E-state index is 11.8. The minimum absolute atomic E-state index is 0.0769. The number of hydrogen-bond donors (Lipinski definition) is 1. The second kappa shape index (κ2) is 5.59. The van der Waals surface area contributed by atoms with Crippen LogP contribution in [0, 0.1) is 0 Å². The standard InChI is InChI=1S/C16H22N2O4/c1-16(2,3)22-15(19)17-11-7-8-18(9-11)12-5-4-6-13-14(12)21-10-20-13/h4-6,11H,7-10H2,1-3H3,(H,17,19). The minimum atomic E-state index is -0.478. The van der Waals surface area contributed by atoms with Gasteiger partial charge in [-0.25, -0.2) is 4.79 Å². The Morgan fingerprint density at radius 3 is 2.95 bits per heavy atom. The van der Waals surface area contributed by atoms with E-state index in [1.807, 2.05) is 39.0 Å². The molecule has 6 heteroatoms. The second-order valence-corrected chi connectivity index (χ2v) is 6.59. The highest BCUT2D eigenvalue weighted by Crippen LogP contribution is 2.41. The first-order chi connectivity index (χ1) is 10.4. The van der Waals surface area contributed by atoms with Crippen LogP contribution >= 0.6 is 0 Å². The zero-order valence-corrected chi connectivity index (χ0v) is 13.2. The molecule has 1 fully saturated rings. The second-order valence-electron chi connectivity index (χ2n) is 6.59. The molecule has 1 aromatic carbocycles. The molecule has 0 aromatic heterocycles. The molecule has 0 aliphatic carbocycles. The highest BCUT2D eigenvalue weighted by molar-refractivity contribution is 5.69. The van der Waals surface area contributed by atoms with Gasteiger partial charge in [0.25, 0.3) is 0 Å². The molecule has 120 valence electrons. The number of alkyl carbamates (subject to hydrolysis) is 1. The van der Waals surface area contributed by atoms with Crippen LogP contribution in [0.25, 0.3) is 0 Å². The summed E-state index contributed by atoms with van der Waals surface area (Å²) in [4.78, 5) is 14.1. The first-order valence-electron chi connectivity index (χ1n) is 7.55. The summed E-state index contributed by atoms with van der Waals surface area (Å²) in [7, 11) is 0. The van der Waals surface area contributed by atoms with Gasteiger partial charge in [0.1, 0.15) is 5.60 Å². The van der Waals surface area contributed by atoms with Crippen LogP contribution in [0.1, 0.15) is 27.2 Å². The van der Waals surface area contributed by atoms with Crippen molar-refractivity contribution in [3.05, 3.63) is 18.2 Å². The quantitative estimate of drug-likeness (QED) is 0.910. The number of carbonyl (C=O) groups is 1. The Labute approximate surface area is 130 Å². The fraction of sp³-hybridized carbons (Fsp3) is 0.562. The summed E-state index contributed by atoms with van der Waals surface area (Å²) in [6.07, 6.45) is 0.515. The van der Waals surface area contributed by atoms with Crippen LogP contribution in [0.4, 0.5) is 10.5 Å². The average Bonchev–Trinajstić information content (AvgIpc) is 3.04. The molecule has 0 radical (unpaired) electrons. The average molecular weight is 306 g/mol. The molecule has 1 atom stereocenters. The maximum Gasteiger partial charge on any atom is 0.407 e. The number of amides is 1. The molecule has 22 heavy (non-hydrogen) atoms. The molecular weight excluding hydrogens is 284 g/mol. The minimum Gasteiger partial charge on any atom is -0.454 e. The number of rotatable bonds is 2. The van der Waals surface area contributed by atoms with Crippen LogP contribution in [0.3, 0.4) is 0 Å². The molecule has 0 bridgehead atoms. The zero-order chi connectivity index (χ0) is 15.7. The van der Waals surface area contributed by atoms with Crippen molar-refractivity contribution in [2.75, 3.05) is 24.8 Å². The first kappa shape index (κ1) is 14.8. The molecule has 0 spiro atoms. The van der Waals surface area contributed by atoms with Gasteiger partial charge in [0.05, 0.1) is 11.7 Å². The molecule has 2 aliphatic heterocycles. The van der Waals surface area contributed by atoms with Gasteiger partial charge < -0.3 is 24.4 Å². The number of ether oxygens (including phenoxy) is 3. The first-order valence-corrected chi connectivity index (χ1v) is 7.55. The molecule has 0 saturated carbocycles. The Balaban J connectivity index is 1.61. The Morgan fingerprint density at radius 2 is 2.18 bits per heavy atom. The third kappa shape index (κ3) is 3.21. The van der Waals surface area contributed by atoms with Crippen LogP contribution < -0.4 is 19.7 Å². The summed E-state index contributed by atoms with van der Waals surface area (Å²) >= 11 is 0. The molecule has 1 amide bonds. The van der Waals surface area contributed by atoms with Gasteiger partial charge in [-0.3, -0.25) is 0 Å². The molecule has 2 heterocycles. The fourth-order valence-corrected chi connectivity index (χ4v) is 2.73. The van der Waals surface area contributed by atoms with Crippen molar-refractivity contribution in [2.45, 2.75) is 38.8 Å². The van der Waals surface area contributed by atoms with Gasteiger partial charge in [0, 0.05) is 13.1 Å². The maximum atomic E-state index is 11.8. The number of benzene rings is 1.